The highest BCUT2D eigenvalue weighted by atomic mass is 16.6. The van der Waals surface area contributed by atoms with Gasteiger partial charge < -0.3 is 15.4 Å². The van der Waals surface area contributed by atoms with E-state index in [1.165, 1.54) is 12.1 Å². The van der Waals surface area contributed by atoms with Crippen LogP contribution in [0, 0.1) is 22.5 Å². The number of benzene rings is 1. The van der Waals surface area contributed by atoms with Crippen LogP contribution in [0.5, 0.6) is 5.75 Å². The summed E-state index contributed by atoms with van der Waals surface area (Å²) in [5.74, 6) is 2.57. The first-order valence-corrected chi connectivity index (χ1v) is 6.54. The van der Waals surface area contributed by atoms with E-state index in [0.29, 0.717) is 30.1 Å². The number of nitro benzene ring substituents is 1. The number of nitro groups is 1. The predicted molar refractivity (Wildman–Crippen MR) is 78.4 cm³/mol. The lowest BCUT2D eigenvalue weighted by Crippen LogP contribution is -2.25. The average Bonchev–Trinajstić information content (AvgIpc) is 2.46. The molecule has 21 heavy (non-hydrogen) atoms. The van der Waals surface area contributed by atoms with Gasteiger partial charge in [-0.05, 0) is 18.9 Å². The maximum Gasteiger partial charge on any atom is 0.296 e. The molecule has 1 aromatic carbocycles. The minimum atomic E-state index is -0.482. The molecule has 0 radical (unpaired) electrons. The molecule has 1 amide bonds. The summed E-state index contributed by atoms with van der Waals surface area (Å²) < 4.78 is 5.17. The first-order valence-electron chi connectivity index (χ1n) is 6.54. The Hall–Kier alpha value is -2.75. The second-order valence-electron chi connectivity index (χ2n) is 4.55. The standard InChI is InChI=1S/C14H15N3O4/c1-2-3-4-5-6-15-10-7-11-13(8-12(10)17(19)20)21-9-14(18)16-11/h1,7-8,15H,3-6,9H2,(H,16,18). The first-order chi connectivity index (χ1) is 10.1. The van der Waals surface area contributed by atoms with Gasteiger partial charge in [0.2, 0.25) is 0 Å². The molecule has 7 heteroatoms. The van der Waals surface area contributed by atoms with Crippen LogP contribution in [-0.2, 0) is 4.79 Å². The fourth-order valence-corrected chi connectivity index (χ4v) is 1.98. The van der Waals surface area contributed by atoms with Gasteiger partial charge in [-0.1, -0.05) is 0 Å². The molecule has 1 aliphatic heterocycles. The molecule has 0 spiro atoms. The number of terminal acetylenes is 1. The minimum Gasteiger partial charge on any atom is -0.481 e. The maximum absolute atomic E-state index is 11.3. The van der Waals surface area contributed by atoms with E-state index in [-0.39, 0.29) is 18.2 Å². The molecule has 1 aliphatic rings. The zero-order valence-corrected chi connectivity index (χ0v) is 11.3. The molecule has 1 heterocycles. The Bertz CT molecular complexity index is 607. The van der Waals surface area contributed by atoms with Crippen LogP contribution in [0.15, 0.2) is 12.1 Å². The Labute approximate surface area is 121 Å². The van der Waals surface area contributed by atoms with E-state index < -0.39 is 4.92 Å². The number of carbonyl (C=O) groups is 1. The molecule has 110 valence electrons. The molecule has 2 N–H and O–H groups in total. The quantitative estimate of drug-likeness (QED) is 0.362. The van der Waals surface area contributed by atoms with Crippen molar-refractivity contribution in [2.24, 2.45) is 0 Å². The second-order valence-corrected chi connectivity index (χ2v) is 4.55. The monoisotopic (exact) mass is 289 g/mol. The van der Waals surface area contributed by atoms with Gasteiger partial charge in [-0.3, -0.25) is 14.9 Å². The number of amides is 1. The summed E-state index contributed by atoms with van der Waals surface area (Å²) in [6.45, 7) is 0.430. The Morgan fingerprint density at radius 2 is 2.29 bits per heavy atom. The summed E-state index contributed by atoms with van der Waals surface area (Å²) in [7, 11) is 0. The predicted octanol–water partition coefficient (Wildman–Crippen LogP) is 2.14. The van der Waals surface area contributed by atoms with Gasteiger partial charge in [-0.2, -0.15) is 0 Å². The topological polar surface area (TPSA) is 93.5 Å². The zero-order chi connectivity index (χ0) is 15.2. The van der Waals surface area contributed by atoms with Crippen LogP contribution in [0.2, 0.25) is 0 Å². The maximum atomic E-state index is 11.3. The number of carbonyl (C=O) groups excluding carboxylic acids is 1. The molecule has 0 fully saturated rings. The normalized spacial score (nSPS) is 12.6. The van der Waals surface area contributed by atoms with Crippen LogP contribution < -0.4 is 15.4 Å². The van der Waals surface area contributed by atoms with Gasteiger partial charge in [-0.25, -0.2) is 0 Å². The Morgan fingerprint density at radius 1 is 1.48 bits per heavy atom. The van der Waals surface area contributed by atoms with Crippen molar-refractivity contribution in [3.63, 3.8) is 0 Å². The number of hydrogen-bond donors (Lipinski definition) is 2. The first kappa shape index (κ1) is 14.7. The molecule has 0 unspecified atom stereocenters. The number of unbranched alkanes of at least 4 members (excludes halogenated alkanes) is 2. The van der Waals surface area contributed by atoms with Gasteiger partial charge in [-0.15, -0.1) is 12.3 Å². The minimum absolute atomic E-state index is 0.0816. The zero-order valence-electron chi connectivity index (χ0n) is 11.3. The highest BCUT2D eigenvalue weighted by Gasteiger charge is 2.23. The van der Waals surface area contributed by atoms with E-state index in [4.69, 9.17) is 11.2 Å². The van der Waals surface area contributed by atoms with E-state index in [1.807, 2.05) is 0 Å². The van der Waals surface area contributed by atoms with E-state index in [9.17, 15) is 14.9 Å². The van der Waals surface area contributed by atoms with Gasteiger partial charge in [0.05, 0.1) is 16.7 Å². The summed E-state index contributed by atoms with van der Waals surface area (Å²) >= 11 is 0. The molecule has 0 atom stereocenters. The molecule has 1 aromatic rings. The van der Waals surface area contributed by atoms with Crippen LogP contribution >= 0.6 is 0 Å². The largest absolute Gasteiger partial charge is 0.481 e. The van der Waals surface area contributed by atoms with Crippen molar-refractivity contribution in [1.29, 1.82) is 0 Å². The molecule has 0 saturated heterocycles. The number of anilines is 2. The SMILES string of the molecule is C#CCCCCNc1cc2c(cc1[N+](=O)[O-])OCC(=O)N2. The van der Waals surface area contributed by atoms with Crippen LogP contribution in [0.1, 0.15) is 19.3 Å². The molecule has 7 nitrogen and oxygen atoms in total. The average molecular weight is 289 g/mol. The lowest BCUT2D eigenvalue weighted by atomic mass is 10.2. The number of ether oxygens (including phenoxy) is 1. The van der Waals surface area contributed by atoms with Crippen LogP contribution in [0.4, 0.5) is 17.1 Å². The van der Waals surface area contributed by atoms with E-state index in [2.05, 4.69) is 16.6 Å². The van der Waals surface area contributed by atoms with Crippen LogP contribution in [-0.4, -0.2) is 24.0 Å². The third-order valence-corrected chi connectivity index (χ3v) is 2.99. The van der Waals surface area contributed by atoms with E-state index >= 15 is 0 Å². The third-order valence-electron chi connectivity index (χ3n) is 2.99. The lowest BCUT2D eigenvalue weighted by molar-refractivity contribution is -0.384. The van der Waals surface area contributed by atoms with Gasteiger partial charge >= 0.3 is 0 Å². The summed E-state index contributed by atoms with van der Waals surface area (Å²) in [6.07, 6.45) is 7.50. The number of fused-ring (bicyclic) bond motifs is 1. The summed E-state index contributed by atoms with van der Waals surface area (Å²) in [5, 5.41) is 16.7. The van der Waals surface area contributed by atoms with Crippen molar-refractivity contribution in [2.75, 3.05) is 23.8 Å². The molecule has 0 bridgehead atoms. The second kappa shape index (κ2) is 6.61. The number of rotatable bonds is 6. The van der Waals surface area contributed by atoms with Crippen molar-refractivity contribution in [3.8, 4) is 18.1 Å². The Kier molecular flexibility index (Phi) is 4.61. The highest BCUT2D eigenvalue weighted by Crippen LogP contribution is 2.37. The summed E-state index contributed by atoms with van der Waals surface area (Å²) in [5.41, 5.74) is 0.704. The number of hydrogen-bond acceptors (Lipinski definition) is 5. The summed E-state index contributed by atoms with van der Waals surface area (Å²) in [6, 6.07) is 2.84. The highest BCUT2D eigenvalue weighted by molar-refractivity contribution is 5.96. The molecular formula is C14H15N3O4. The van der Waals surface area contributed by atoms with Crippen LogP contribution in [0.25, 0.3) is 0 Å². The third kappa shape index (κ3) is 3.63. The Balaban J connectivity index is 2.14. The molecule has 0 aliphatic carbocycles. The van der Waals surface area contributed by atoms with Gasteiger partial charge in [0.25, 0.3) is 11.6 Å². The molecule has 2 rings (SSSR count). The smallest absolute Gasteiger partial charge is 0.296 e. The van der Waals surface area contributed by atoms with Gasteiger partial charge in [0.15, 0.2) is 12.4 Å². The summed E-state index contributed by atoms with van der Waals surface area (Å²) in [4.78, 5) is 21.9. The number of nitrogens with one attached hydrogen (secondary N) is 2. The fourth-order valence-electron chi connectivity index (χ4n) is 1.98. The van der Waals surface area contributed by atoms with Crippen LogP contribution in [0.3, 0.4) is 0 Å². The van der Waals surface area contributed by atoms with Crippen molar-refractivity contribution in [1.82, 2.24) is 0 Å². The van der Waals surface area contributed by atoms with Crippen molar-refractivity contribution < 1.29 is 14.5 Å². The molecular weight excluding hydrogens is 274 g/mol. The lowest BCUT2D eigenvalue weighted by Gasteiger charge is -2.19. The fraction of sp³-hybridized carbons (Fsp3) is 0.357. The van der Waals surface area contributed by atoms with Crippen molar-refractivity contribution >= 4 is 23.0 Å². The van der Waals surface area contributed by atoms with Crippen molar-refractivity contribution in [2.45, 2.75) is 19.3 Å². The Morgan fingerprint density at radius 3 is 3.00 bits per heavy atom. The van der Waals surface area contributed by atoms with Gasteiger partial charge in [0, 0.05) is 13.0 Å². The molecule has 0 saturated carbocycles. The van der Waals surface area contributed by atoms with E-state index in [0.717, 1.165) is 12.8 Å². The van der Waals surface area contributed by atoms with Gasteiger partial charge in [0.1, 0.15) is 5.69 Å². The van der Waals surface area contributed by atoms with Crippen molar-refractivity contribution in [3.05, 3.63) is 22.2 Å². The van der Waals surface area contributed by atoms with E-state index in [1.54, 1.807) is 0 Å². The number of nitrogens with zero attached hydrogens (tertiary/aromatic N) is 1. The molecule has 0 aromatic heterocycles.